The average Bonchev–Trinajstić information content (AvgIpc) is 2.78. The molecular formula is C18H25FN4O4S. The maximum Gasteiger partial charge on any atom is 0.321 e. The number of amides is 3. The van der Waals surface area contributed by atoms with Gasteiger partial charge in [-0.25, -0.2) is 17.6 Å². The lowest BCUT2D eigenvalue weighted by Gasteiger charge is -2.23. The number of nitrogens with one attached hydrogen (secondary N) is 1. The average molecular weight is 412 g/mol. The SMILES string of the molecule is CN(C)C(=O)CN1C[C@H]2CCN(C(=O)Nc3ccc(F)cc3)CC[C@H]2S1(=O)=O. The number of urea groups is 1. The predicted molar refractivity (Wildman–Crippen MR) is 103 cm³/mol. The number of hydrogen-bond acceptors (Lipinski definition) is 4. The Morgan fingerprint density at radius 2 is 1.82 bits per heavy atom. The fraction of sp³-hybridized carbons (Fsp3) is 0.556. The van der Waals surface area contributed by atoms with Crippen LogP contribution in [0.5, 0.6) is 0 Å². The summed E-state index contributed by atoms with van der Waals surface area (Å²) in [6, 6.07) is 5.15. The first kappa shape index (κ1) is 20.5. The van der Waals surface area contributed by atoms with Crippen LogP contribution in [0.25, 0.3) is 0 Å². The minimum absolute atomic E-state index is 0.108. The molecule has 2 fully saturated rings. The van der Waals surface area contributed by atoms with Gasteiger partial charge in [-0.05, 0) is 43.0 Å². The fourth-order valence-corrected chi connectivity index (χ4v) is 5.87. The molecule has 1 aromatic carbocycles. The number of benzene rings is 1. The van der Waals surface area contributed by atoms with E-state index >= 15 is 0 Å². The lowest BCUT2D eigenvalue weighted by Crippen LogP contribution is -2.40. The van der Waals surface area contributed by atoms with Crippen LogP contribution in [0.1, 0.15) is 12.8 Å². The van der Waals surface area contributed by atoms with Gasteiger partial charge in [0, 0.05) is 39.4 Å². The molecule has 1 aromatic rings. The van der Waals surface area contributed by atoms with Crippen molar-refractivity contribution in [3.05, 3.63) is 30.1 Å². The number of anilines is 1. The first-order valence-corrected chi connectivity index (χ1v) is 10.7. The maximum atomic E-state index is 13.0. The molecule has 8 nitrogen and oxygen atoms in total. The molecule has 0 unspecified atom stereocenters. The Balaban J connectivity index is 1.63. The fourth-order valence-electron chi connectivity index (χ4n) is 3.68. The number of likely N-dealkylation sites (tertiary alicyclic amines) is 1. The molecule has 10 heteroatoms. The molecule has 0 spiro atoms. The van der Waals surface area contributed by atoms with Crippen LogP contribution in [0.4, 0.5) is 14.9 Å². The Morgan fingerprint density at radius 3 is 2.46 bits per heavy atom. The van der Waals surface area contributed by atoms with Gasteiger partial charge in [-0.3, -0.25) is 4.79 Å². The molecule has 1 N–H and O–H groups in total. The molecule has 3 amide bonds. The highest BCUT2D eigenvalue weighted by molar-refractivity contribution is 7.90. The van der Waals surface area contributed by atoms with E-state index in [0.29, 0.717) is 38.2 Å². The first-order valence-electron chi connectivity index (χ1n) is 9.19. The van der Waals surface area contributed by atoms with Crippen molar-refractivity contribution in [3.63, 3.8) is 0 Å². The van der Waals surface area contributed by atoms with Crippen molar-refractivity contribution in [2.45, 2.75) is 18.1 Å². The quantitative estimate of drug-likeness (QED) is 0.807. The molecular weight excluding hydrogens is 387 g/mol. The summed E-state index contributed by atoms with van der Waals surface area (Å²) in [5.74, 6) is -0.743. The van der Waals surface area contributed by atoms with Crippen LogP contribution in [0.3, 0.4) is 0 Å². The highest BCUT2D eigenvalue weighted by Crippen LogP contribution is 2.34. The summed E-state index contributed by atoms with van der Waals surface area (Å²) in [6.07, 6.45) is 0.879. The van der Waals surface area contributed by atoms with Crippen LogP contribution in [-0.4, -0.2) is 80.0 Å². The third kappa shape index (κ3) is 4.27. The zero-order valence-corrected chi connectivity index (χ0v) is 16.8. The Morgan fingerprint density at radius 1 is 1.18 bits per heavy atom. The minimum atomic E-state index is -3.57. The number of fused-ring (bicyclic) bond motifs is 1. The van der Waals surface area contributed by atoms with Gasteiger partial charge in [0.1, 0.15) is 5.82 Å². The Kier molecular flexibility index (Phi) is 5.90. The molecule has 2 heterocycles. The van der Waals surface area contributed by atoms with E-state index in [0.717, 1.165) is 0 Å². The summed E-state index contributed by atoms with van der Waals surface area (Å²) in [4.78, 5) is 27.4. The lowest BCUT2D eigenvalue weighted by atomic mass is 10.0. The Labute approximate surface area is 164 Å². The third-order valence-corrected chi connectivity index (χ3v) is 7.74. The van der Waals surface area contributed by atoms with Crippen molar-refractivity contribution < 1.29 is 22.4 Å². The largest absolute Gasteiger partial charge is 0.348 e. The summed E-state index contributed by atoms with van der Waals surface area (Å²) in [6.45, 7) is 0.902. The monoisotopic (exact) mass is 412 g/mol. The van der Waals surface area contributed by atoms with Crippen molar-refractivity contribution in [1.29, 1.82) is 0 Å². The summed E-state index contributed by atoms with van der Waals surface area (Å²) < 4.78 is 39.9. The van der Waals surface area contributed by atoms with E-state index in [1.807, 2.05) is 0 Å². The first-order chi connectivity index (χ1) is 13.2. The van der Waals surface area contributed by atoms with E-state index in [1.165, 1.54) is 33.5 Å². The minimum Gasteiger partial charge on any atom is -0.348 e. The highest BCUT2D eigenvalue weighted by Gasteiger charge is 2.47. The third-order valence-electron chi connectivity index (χ3n) is 5.35. The van der Waals surface area contributed by atoms with Gasteiger partial charge in [0.05, 0.1) is 11.8 Å². The number of hydrogen-bond donors (Lipinski definition) is 1. The number of sulfonamides is 1. The number of nitrogens with zero attached hydrogens (tertiary/aromatic N) is 3. The van der Waals surface area contributed by atoms with Crippen molar-refractivity contribution in [3.8, 4) is 0 Å². The van der Waals surface area contributed by atoms with Gasteiger partial charge in [0.25, 0.3) is 0 Å². The van der Waals surface area contributed by atoms with E-state index in [-0.39, 0.29) is 30.2 Å². The van der Waals surface area contributed by atoms with Gasteiger partial charge in [-0.1, -0.05) is 0 Å². The second-order valence-corrected chi connectivity index (χ2v) is 9.58. The van der Waals surface area contributed by atoms with Crippen LogP contribution in [-0.2, 0) is 14.8 Å². The van der Waals surface area contributed by atoms with Gasteiger partial charge in [0.15, 0.2) is 0 Å². The van der Waals surface area contributed by atoms with Crippen molar-refractivity contribution in [2.24, 2.45) is 5.92 Å². The molecule has 0 aliphatic carbocycles. The molecule has 0 radical (unpaired) electrons. The topological polar surface area (TPSA) is 90.0 Å². The zero-order chi connectivity index (χ0) is 20.5. The lowest BCUT2D eigenvalue weighted by molar-refractivity contribution is -0.128. The number of carbonyl (C=O) groups is 2. The van der Waals surface area contributed by atoms with E-state index < -0.39 is 15.3 Å². The van der Waals surface area contributed by atoms with Gasteiger partial charge >= 0.3 is 6.03 Å². The molecule has 0 aromatic heterocycles. The zero-order valence-electron chi connectivity index (χ0n) is 16.0. The van der Waals surface area contributed by atoms with Gasteiger partial charge < -0.3 is 15.1 Å². The van der Waals surface area contributed by atoms with Crippen molar-refractivity contribution >= 4 is 27.6 Å². The molecule has 2 aliphatic rings. The summed E-state index contributed by atoms with van der Waals surface area (Å²) in [5.41, 5.74) is 0.483. The molecule has 0 bridgehead atoms. The van der Waals surface area contributed by atoms with E-state index in [1.54, 1.807) is 19.0 Å². The maximum absolute atomic E-state index is 13.0. The molecule has 2 saturated heterocycles. The van der Waals surface area contributed by atoms with Gasteiger partial charge in [-0.15, -0.1) is 0 Å². The molecule has 2 aliphatic heterocycles. The normalized spacial score (nSPS) is 24.3. The van der Waals surface area contributed by atoms with Crippen LogP contribution in [0, 0.1) is 11.7 Å². The summed E-state index contributed by atoms with van der Waals surface area (Å²) >= 11 is 0. The Bertz CT molecular complexity index is 844. The van der Waals surface area contributed by atoms with Crippen LogP contribution >= 0.6 is 0 Å². The molecule has 3 rings (SSSR count). The van der Waals surface area contributed by atoms with Crippen molar-refractivity contribution in [1.82, 2.24) is 14.1 Å². The van der Waals surface area contributed by atoms with E-state index in [4.69, 9.17) is 0 Å². The smallest absolute Gasteiger partial charge is 0.321 e. The predicted octanol–water partition coefficient (Wildman–Crippen LogP) is 1.17. The second-order valence-electron chi connectivity index (χ2n) is 7.43. The van der Waals surface area contributed by atoms with Crippen LogP contribution < -0.4 is 5.32 Å². The van der Waals surface area contributed by atoms with E-state index in [2.05, 4.69) is 5.32 Å². The number of carbonyl (C=O) groups excluding carboxylic acids is 2. The summed E-state index contributed by atoms with van der Waals surface area (Å²) in [7, 11) is -0.371. The Hall–Kier alpha value is -2.20. The summed E-state index contributed by atoms with van der Waals surface area (Å²) in [5, 5.41) is 2.13. The van der Waals surface area contributed by atoms with Crippen LogP contribution in [0.15, 0.2) is 24.3 Å². The molecule has 154 valence electrons. The molecule has 2 atom stereocenters. The van der Waals surface area contributed by atoms with E-state index in [9.17, 15) is 22.4 Å². The number of halogens is 1. The van der Waals surface area contributed by atoms with Gasteiger partial charge in [-0.2, -0.15) is 4.31 Å². The van der Waals surface area contributed by atoms with Crippen molar-refractivity contribution in [2.75, 3.05) is 45.6 Å². The standard InChI is InChI=1S/C18H25FN4O4S/c1-21(2)17(24)12-23-11-13-7-9-22(10-8-16(13)28(23,26)27)18(25)20-15-5-3-14(19)4-6-15/h3-6,13,16H,7-12H2,1-2H3,(H,20,25)/t13-,16-/m1/s1. The number of rotatable bonds is 3. The highest BCUT2D eigenvalue weighted by atomic mass is 32.2. The number of likely N-dealkylation sites (N-methyl/N-ethyl adjacent to an activating group) is 1. The molecule has 0 saturated carbocycles. The van der Waals surface area contributed by atoms with Gasteiger partial charge in [0.2, 0.25) is 15.9 Å². The van der Waals surface area contributed by atoms with Crippen LogP contribution in [0.2, 0.25) is 0 Å². The molecule has 28 heavy (non-hydrogen) atoms. The second kappa shape index (κ2) is 8.04.